The van der Waals surface area contributed by atoms with E-state index < -0.39 is 11.9 Å². The van der Waals surface area contributed by atoms with E-state index in [2.05, 4.69) is 5.32 Å². The lowest BCUT2D eigenvalue weighted by Gasteiger charge is -2.48. The number of allylic oxidation sites excluding steroid dienone is 2. The summed E-state index contributed by atoms with van der Waals surface area (Å²) in [5.74, 6) is -0.976. The van der Waals surface area contributed by atoms with Gasteiger partial charge in [-0.2, -0.15) is 0 Å². The van der Waals surface area contributed by atoms with Crippen LogP contribution in [0.15, 0.2) is 59.1 Å². The van der Waals surface area contributed by atoms with Crippen LogP contribution in [0.25, 0.3) is 0 Å². The van der Waals surface area contributed by atoms with Crippen LogP contribution in [0.1, 0.15) is 39.9 Å². The number of carbonyl (C=O) groups excluding carboxylic acids is 2. The first-order valence-electron chi connectivity index (χ1n) is 14.1. The zero-order valence-corrected chi connectivity index (χ0v) is 24.5. The third kappa shape index (κ3) is 5.26. The molecule has 0 aromatic heterocycles. The molecule has 0 fully saturated rings. The summed E-state index contributed by atoms with van der Waals surface area (Å²) >= 11 is 0. The normalized spacial score (nSPS) is 23.4. The highest BCUT2D eigenvalue weighted by atomic mass is 16.7. The van der Waals surface area contributed by atoms with Gasteiger partial charge in [-0.1, -0.05) is 30.3 Å². The molecule has 4 atom stereocenters. The molecular weight excluding hydrogens is 538 g/mol. The van der Waals surface area contributed by atoms with Crippen molar-refractivity contribution < 1.29 is 34.0 Å². The minimum atomic E-state index is -0.702. The van der Waals surface area contributed by atoms with Gasteiger partial charge in [0.2, 0.25) is 5.91 Å². The molecule has 10 heteroatoms. The van der Waals surface area contributed by atoms with Gasteiger partial charge in [0.05, 0.1) is 24.3 Å². The van der Waals surface area contributed by atoms with Gasteiger partial charge in [-0.05, 0) is 56.8 Å². The number of amides is 1. The first-order chi connectivity index (χ1) is 20.2. The number of fused-ring (bicyclic) bond motifs is 3. The van der Waals surface area contributed by atoms with Crippen LogP contribution in [0, 0.1) is 17.8 Å². The van der Waals surface area contributed by atoms with Crippen molar-refractivity contribution in [2.24, 2.45) is 23.5 Å². The maximum Gasteiger partial charge on any atom is 0.248 e. The molecule has 5 rings (SSSR count). The van der Waals surface area contributed by atoms with E-state index >= 15 is 0 Å². The number of aliphatic hydroxyl groups excluding tert-OH is 1. The van der Waals surface area contributed by atoms with Crippen LogP contribution in [0.3, 0.4) is 0 Å². The number of hydrogen-bond acceptors (Lipinski definition) is 9. The molecule has 0 radical (unpaired) electrons. The number of hydrogen-bond donors (Lipinski definition) is 4. The predicted octanol–water partition coefficient (Wildman–Crippen LogP) is 3.19. The number of aliphatic hydroxyl groups is 1. The molecule has 224 valence electrons. The topological polar surface area (TPSA) is 144 Å². The number of primary amides is 1. The maximum atomic E-state index is 14.2. The monoisotopic (exact) mass is 577 g/mol. The second-order valence-corrected chi connectivity index (χ2v) is 11.4. The first-order valence-corrected chi connectivity index (χ1v) is 14.1. The van der Waals surface area contributed by atoms with E-state index in [1.54, 1.807) is 13.2 Å². The summed E-state index contributed by atoms with van der Waals surface area (Å²) in [5.41, 5.74) is 9.01. The smallest absolute Gasteiger partial charge is 0.248 e. The zero-order chi connectivity index (χ0) is 30.1. The number of nitrogens with two attached hydrogens (primary N) is 1. The first kappa shape index (κ1) is 29.6. The predicted molar refractivity (Wildman–Crippen MR) is 156 cm³/mol. The van der Waals surface area contributed by atoms with E-state index in [9.17, 15) is 19.8 Å². The fourth-order valence-corrected chi connectivity index (χ4v) is 7.07. The van der Waals surface area contributed by atoms with Crippen LogP contribution in [0.2, 0.25) is 0 Å². The number of ether oxygens (including phenoxy) is 3. The second-order valence-electron chi connectivity index (χ2n) is 11.4. The van der Waals surface area contributed by atoms with E-state index in [4.69, 9.17) is 19.9 Å². The number of Topliss-reactive ketones (excluding diaryl/α,β-unsaturated/α-hetero) is 1. The molecule has 3 aliphatic carbocycles. The number of phenolic OH excluding ortho intramolecular Hbond substituents is 1. The van der Waals surface area contributed by atoms with Gasteiger partial charge < -0.3 is 35.5 Å². The molecule has 3 aliphatic rings. The summed E-state index contributed by atoms with van der Waals surface area (Å²) in [6, 6.07) is 11.1. The third-order valence-corrected chi connectivity index (χ3v) is 8.74. The van der Waals surface area contributed by atoms with Crippen molar-refractivity contribution in [1.82, 2.24) is 10.2 Å². The van der Waals surface area contributed by atoms with Gasteiger partial charge in [0, 0.05) is 42.8 Å². The number of ketones is 1. The SMILES string of the molecule is COCOC1=C2C(=O)c3c(O)cc(CNCc4ccccc4)c(OC)c3C[C@H]2C[C@@H]2C1CC(C(N)=O)=C(O)[C@H]2N(C)C. The Morgan fingerprint density at radius 1 is 1.12 bits per heavy atom. The Morgan fingerprint density at radius 3 is 2.50 bits per heavy atom. The number of nitrogens with one attached hydrogen (secondary N) is 1. The maximum absolute atomic E-state index is 14.2. The molecular formula is C32H39N3O7. The van der Waals surface area contributed by atoms with Crippen LogP contribution < -0.4 is 15.8 Å². The van der Waals surface area contributed by atoms with Crippen molar-refractivity contribution in [1.29, 1.82) is 0 Å². The van der Waals surface area contributed by atoms with Gasteiger partial charge in [0.15, 0.2) is 12.6 Å². The van der Waals surface area contributed by atoms with Crippen LogP contribution in [-0.2, 0) is 33.8 Å². The number of likely N-dealkylation sites (N-methyl/N-ethyl adjacent to an activating group) is 1. The summed E-state index contributed by atoms with van der Waals surface area (Å²) in [6.45, 7) is 0.977. The Hall–Kier alpha value is -3.86. The molecule has 1 unspecified atom stereocenters. The minimum Gasteiger partial charge on any atom is -0.510 e. The number of methoxy groups -OCH3 is 2. The largest absolute Gasteiger partial charge is 0.510 e. The van der Waals surface area contributed by atoms with Crippen LogP contribution >= 0.6 is 0 Å². The summed E-state index contributed by atoms with van der Waals surface area (Å²) in [4.78, 5) is 28.4. The lowest BCUT2D eigenvalue weighted by atomic mass is 9.61. The Kier molecular flexibility index (Phi) is 8.58. The molecule has 10 nitrogen and oxygen atoms in total. The summed E-state index contributed by atoms with van der Waals surface area (Å²) < 4.78 is 17.2. The Labute approximate surface area is 245 Å². The number of phenols is 1. The van der Waals surface area contributed by atoms with Gasteiger partial charge in [0.1, 0.15) is 23.0 Å². The molecule has 0 saturated heterocycles. The molecule has 0 spiro atoms. The van der Waals surface area contributed by atoms with E-state index in [1.165, 1.54) is 7.11 Å². The Morgan fingerprint density at radius 2 is 1.86 bits per heavy atom. The molecule has 0 saturated carbocycles. The van der Waals surface area contributed by atoms with Crippen molar-refractivity contribution in [3.63, 3.8) is 0 Å². The van der Waals surface area contributed by atoms with Crippen LogP contribution in [-0.4, -0.2) is 68.0 Å². The van der Waals surface area contributed by atoms with Crippen molar-refractivity contribution in [2.45, 2.75) is 38.4 Å². The second kappa shape index (κ2) is 12.2. The number of nitrogens with zero attached hydrogens (tertiary/aromatic N) is 1. The fourth-order valence-electron chi connectivity index (χ4n) is 7.07. The molecule has 0 heterocycles. The van der Waals surface area contributed by atoms with Gasteiger partial charge >= 0.3 is 0 Å². The Bertz CT molecular complexity index is 1430. The van der Waals surface area contributed by atoms with E-state index in [-0.39, 0.29) is 59.4 Å². The average Bonchev–Trinajstić information content (AvgIpc) is 2.95. The molecule has 1 amide bonds. The Balaban J connectivity index is 1.56. The van der Waals surface area contributed by atoms with Crippen molar-refractivity contribution >= 4 is 11.7 Å². The lowest BCUT2D eigenvalue weighted by Crippen LogP contribution is -2.50. The van der Waals surface area contributed by atoms with E-state index in [0.717, 1.165) is 11.1 Å². The zero-order valence-electron chi connectivity index (χ0n) is 24.5. The molecule has 2 aromatic rings. The van der Waals surface area contributed by atoms with Gasteiger partial charge in [-0.3, -0.25) is 14.5 Å². The summed E-state index contributed by atoms with van der Waals surface area (Å²) in [7, 11) is 6.75. The number of aromatic hydroxyl groups is 1. The van der Waals surface area contributed by atoms with Crippen LogP contribution in [0.5, 0.6) is 11.5 Å². The van der Waals surface area contributed by atoms with Crippen molar-refractivity contribution in [2.75, 3.05) is 35.1 Å². The fraction of sp³-hybridized carbons (Fsp3) is 0.438. The summed E-state index contributed by atoms with van der Waals surface area (Å²) in [6.07, 6.45) is 1.15. The standard InChI is InChI=1S/C32H39N3O7/c1-35(2)27-20-10-18-11-22-26(24(36)12-19(30(22)41-4)15-34-14-17-8-6-5-7-9-17)29(38)25(18)31(42-16-40-3)21(20)13-23(28(27)37)32(33)39/h5-9,12,18,20-21,27,34,36-37H,10-11,13-16H2,1-4H3,(H2,33,39)/t18-,20-,21?,27+/m1/s1. The van der Waals surface area contributed by atoms with Crippen molar-refractivity contribution in [3.8, 4) is 11.5 Å². The summed E-state index contributed by atoms with van der Waals surface area (Å²) in [5, 5.41) is 25.7. The molecule has 5 N–H and O–H groups in total. The van der Waals surface area contributed by atoms with E-state index in [1.807, 2.05) is 49.3 Å². The molecule has 42 heavy (non-hydrogen) atoms. The molecule has 0 bridgehead atoms. The number of rotatable bonds is 10. The third-order valence-electron chi connectivity index (χ3n) is 8.74. The highest BCUT2D eigenvalue weighted by molar-refractivity contribution is 6.14. The minimum absolute atomic E-state index is 0.0344. The molecule has 0 aliphatic heterocycles. The number of carbonyl (C=O) groups is 2. The van der Waals surface area contributed by atoms with Gasteiger partial charge in [-0.15, -0.1) is 0 Å². The highest BCUT2D eigenvalue weighted by Gasteiger charge is 2.51. The lowest BCUT2D eigenvalue weighted by molar-refractivity contribution is -0.115. The van der Waals surface area contributed by atoms with E-state index in [0.29, 0.717) is 48.6 Å². The van der Waals surface area contributed by atoms with Gasteiger partial charge in [-0.25, -0.2) is 0 Å². The van der Waals surface area contributed by atoms with Gasteiger partial charge in [0.25, 0.3) is 0 Å². The number of benzene rings is 2. The van der Waals surface area contributed by atoms with Crippen molar-refractivity contribution in [3.05, 3.63) is 81.3 Å². The quantitative estimate of drug-likeness (QED) is 0.313. The van der Waals surface area contributed by atoms with Crippen LogP contribution in [0.4, 0.5) is 0 Å². The molecule has 2 aromatic carbocycles. The highest BCUT2D eigenvalue weighted by Crippen LogP contribution is 2.53. The average molecular weight is 578 g/mol.